The van der Waals surface area contributed by atoms with Gasteiger partial charge in [-0.3, -0.25) is 10.1 Å². The van der Waals surface area contributed by atoms with E-state index in [9.17, 15) is 9.59 Å². The highest BCUT2D eigenvalue weighted by Gasteiger charge is 2.18. The second-order valence-electron chi connectivity index (χ2n) is 3.27. The fourth-order valence-corrected chi connectivity index (χ4v) is 2.32. The van der Waals surface area contributed by atoms with Crippen LogP contribution in [0.4, 0.5) is 10.5 Å². The molecule has 0 bridgehead atoms. The summed E-state index contributed by atoms with van der Waals surface area (Å²) in [6.45, 7) is 1.63. The summed E-state index contributed by atoms with van der Waals surface area (Å²) in [6, 6.07) is 4.21. The van der Waals surface area contributed by atoms with Crippen molar-refractivity contribution in [3.63, 3.8) is 0 Å². The van der Waals surface area contributed by atoms with Crippen molar-refractivity contribution in [2.45, 2.75) is 17.1 Å². The lowest BCUT2D eigenvalue weighted by molar-refractivity contribution is -0.119. The van der Waals surface area contributed by atoms with Crippen LogP contribution in [0.25, 0.3) is 0 Å². The molecule has 17 heavy (non-hydrogen) atoms. The number of primary amides is 1. The minimum absolute atomic E-state index is 0.466. The molecule has 3 amide bonds. The first-order valence-corrected chi connectivity index (χ1v) is 5.98. The van der Waals surface area contributed by atoms with E-state index in [1.807, 2.05) is 5.32 Å². The molecular formula is C10H12ClN3O2S. The Morgan fingerprint density at radius 1 is 1.47 bits per heavy atom. The van der Waals surface area contributed by atoms with E-state index in [1.54, 1.807) is 25.1 Å². The molecule has 1 aromatic rings. The third-order valence-electron chi connectivity index (χ3n) is 1.91. The molecule has 0 aliphatic heterocycles. The van der Waals surface area contributed by atoms with Crippen LogP contribution in [0, 0.1) is 0 Å². The highest BCUT2D eigenvalue weighted by atomic mass is 35.5. The summed E-state index contributed by atoms with van der Waals surface area (Å²) >= 11 is 7.13. The lowest BCUT2D eigenvalue weighted by Crippen LogP contribution is -2.39. The van der Waals surface area contributed by atoms with E-state index in [-0.39, 0.29) is 0 Å². The average molecular weight is 274 g/mol. The maximum atomic E-state index is 11.5. The molecule has 1 atom stereocenters. The second-order valence-corrected chi connectivity index (χ2v) is 5.03. The monoisotopic (exact) mass is 273 g/mol. The maximum absolute atomic E-state index is 11.5. The van der Waals surface area contributed by atoms with E-state index in [0.29, 0.717) is 15.6 Å². The van der Waals surface area contributed by atoms with Crippen LogP contribution < -0.4 is 16.8 Å². The second kappa shape index (κ2) is 5.79. The van der Waals surface area contributed by atoms with Gasteiger partial charge in [-0.05, 0) is 19.1 Å². The molecule has 92 valence electrons. The molecule has 5 N–H and O–H groups in total. The van der Waals surface area contributed by atoms with Crippen LogP contribution >= 0.6 is 23.4 Å². The Hall–Kier alpha value is -1.40. The van der Waals surface area contributed by atoms with Gasteiger partial charge < -0.3 is 11.5 Å². The van der Waals surface area contributed by atoms with Crippen LogP contribution in [0.3, 0.4) is 0 Å². The van der Waals surface area contributed by atoms with Gasteiger partial charge in [0.1, 0.15) is 0 Å². The third kappa shape index (κ3) is 3.83. The van der Waals surface area contributed by atoms with Crippen LogP contribution in [-0.2, 0) is 4.79 Å². The van der Waals surface area contributed by atoms with E-state index in [1.165, 1.54) is 11.8 Å². The van der Waals surface area contributed by atoms with E-state index >= 15 is 0 Å². The first kappa shape index (κ1) is 13.7. The summed E-state index contributed by atoms with van der Waals surface area (Å²) in [6.07, 6.45) is 0. The van der Waals surface area contributed by atoms with Crippen molar-refractivity contribution in [2.75, 3.05) is 5.73 Å². The molecule has 0 saturated carbocycles. The lowest BCUT2D eigenvalue weighted by atomic mass is 10.3. The van der Waals surface area contributed by atoms with Gasteiger partial charge in [-0.15, -0.1) is 11.8 Å². The normalized spacial score (nSPS) is 11.9. The highest BCUT2D eigenvalue weighted by molar-refractivity contribution is 8.00. The van der Waals surface area contributed by atoms with Crippen molar-refractivity contribution in [1.82, 2.24) is 5.32 Å². The number of halogens is 1. The van der Waals surface area contributed by atoms with Crippen molar-refractivity contribution in [3.05, 3.63) is 23.2 Å². The van der Waals surface area contributed by atoms with Crippen LogP contribution in [-0.4, -0.2) is 17.2 Å². The van der Waals surface area contributed by atoms with Gasteiger partial charge in [0.15, 0.2) is 0 Å². The number of nitrogens with one attached hydrogen (secondary N) is 1. The number of hydrogen-bond donors (Lipinski definition) is 3. The van der Waals surface area contributed by atoms with Gasteiger partial charge in [0, 0.05) is 10.6 Å². The summed E-state index contributed by atoms with van der Waals surface area (Å²) in [5.41, 5.74) is 11.1. The van der Waals surface area contributed by atoms with Gasteiger partial charge in [-0.2, -0.15) is 0 Å². The molecule has 1 unspecified atom stereocenters. The summed E-state index contributed by atoms with van der Waals surface area (Å²) in [7, 11) is 0. The van der Waals surface area contributed by atoms with Gasteiger partial charge in [0.25, 0.3) is 0 Å². The van der Waals surface area contributed by atoms with Crippen molar-refractivity contribution in [1.29, 1.82) is 0 Å². The number of amides is 3. The quantitative estimate of drug-likeness (QED) is 0.575. The van der Waals surface area contributed by atoms with E-state index < -0.39 is 17.2 Å². The Morgan fingerprint density at radius 3 is 2.65 bits per heavy atom. The number of carbonyl (C=O) groups is 2. The fourth-order valence-electron chi connectivity index (χ4n) is 1.10. The zero-order chi connectivity index (χ0) is 13.0. The maximum Gasteiger partial charge on any atom is 0.318 e. The fraction of sp³-hybridized carbons (Fsp3) is 0.200. The molecule has 0 aliphatic carbocycles. The molecule has 0 radical (unpaired) electrons. The van der Waals surface area contributed by atoms with Gasteiger partial charge in [0.05, 0.1) is 10.3 Å². The van der Waals surface area contributed by atoms with Crippen LogP contribution in [0.1, 0.15) is 6.92 Å². The van der Waals surface area contributed by atoms with E-state index in [0.717, 1.165) is 0 Å². The summed E-state index contributed by atoms with van der Waals surface area (Å²) < 4.78 is 0. The van der Waals surface area contributed by atoms with Crippen molar-refractivity contribution in [2.24, 2.45) is 5.73 Å². The Morgan fingerprint density at radius 2 is 2.12 bits per heavy atom. The third-order valence-corrected chi connectivity index (χ3v) is 3.59. The summed E-state index contributed by atoms with van der Waals surface area (Å²) in [5.74, 6) is -0.484. The van der Waals surface area contributed by atoms with Gasteiger partial charge >= 0.3 is 6.03 Å². The molecule has 0 heterocycles. The molecule has 1 aromatic carbocycles. The number of anilines is 1. The van der Waals surface area contributed by atoms with E-state index in [4.69, 9.17) is 23.1 Å². The first-order chi connectivity index (χ1) is 7.91. The molecule has 5 nitrogen and oxygen atoms in total. The van der Waals surface area contributed by atoms with Crippen molar-refractivity contribution >= 4 is 41.0 Å². The van der Waals surface area contributed by atoms with E-state index in [2.05, 4.69) is 0 Å². The number of benzene rings is 1. The average Bonchev–Trinajstić information content (AvgIpc) is 2.22. The Labute approximate surface area is 108 Å². The summed E-state index contributed by atoms with van der Waals surface area (Å²) in [4.78, 5) is 22.6. The van der Waals surface area contributed by atoms with Crippen LogP contribution in [0.15, 0.2) is 23.1 Å². The lowest BCUT2D eigenvalue weighted by Gasteiger charge is -2.12. The molecule has 7 heteroatoms. The molecule has 0 aromatic heterocycles. The number of nitrogens with two attached hydrogens (primary N) is 2. The SMILES string of the molecule is CC(Sc1c(N)cccc1Cl)C(=O)NC(N)=O. The van der Waals surface area contributed by atoms with Gasteiger partial charge in [-0.1, -0.05) is 17.7 Å². The van der Waals surface area contributed by atoms with Crippen molar-refractivity contribution < 1.29 is 9.59 Å². The Balaban J connectivity index is 2.77. The van der Waals surface area contributed by atoms with Gasteiger partial charge in [0.2, 0.25) is 5.91 Å². The number of nitrogen functional groups attached to an aromatic ring is 1. The van der Waals surface area contributed by atoms with Gasteiger partial charge in [-0.25, -0.2) is 4.79 Å². The zero-order valence-corrected chi connectivity index (χ0v) is 10.6. The molecule has 0 saturated heterocycles. The van der Waals surface area contributed by atoms with Crippen LogP contribution in [0.2, 0.25) is 5.02 Å². The van der Waals surface area contributed by atoms with Crippen LogP contribution in [0.5, 0.6) is 0 Å². The topological polar surface area (TPSA) is 98.2 Å². The largest absolute Gasteiger partial charge is 0.398 e. The Kier molecular flexibility index (Phi) is 4.65. The zero-order valence-electron chi connectivity index (χ0n) is 9.07. The smallest absolute Gasteiger partial charge is 0.318 e. The molecule has 0 fully saturated rings. The number of thioether (sulfide) groups is 1. The summed E-state index contributed by atoms with van der Waals surface area (Å²) in [5, 5.41) is 1.94. The predicted octanol–water partition coefficient (Wildman–Crippen LogP) is 1.60. The number of imide groups is 1. The number of hydrogen-bond acceptors (Lipinski definition) is 4. The molecule has 1 rings (SSSR count). The molecule has 0 spiro atoms. The number of urea groups is 1. The standard InChI is InChI=1S/C10H12ClN3O2S/c1-5(9(15)14-10(13)16)17-8-6(11)3-2-4-7(8)12/h2-5H,12H2,1H3,(H3,13,14,15,16). The highest BCUT2D eigenvalue weighted by Crippen LogP contribution is 2.34. The van der Waals surface area contributed by atoms with Crippen molar-refractivity contribution in [3.8, 4) is 0 Å². The number of rotatable bonds is 3. The predicted molar refractivity (Wildman–Crippen MR) is 68.9 cm³/mol. The molecule has 0 aliphatic rings. The minimum atomic E-state index is -0.880. The number of carbonyl (C=O) groups excluding carboxylic acids is 2. The molecular weight excluding hydrogens is 262 g/mol. The minimum Gasteiger partial charge on any atom is -0.398 e. The first-order valence-electron chi connectivity index (χ1n) is 4.72. The Bertz CT molecular complexity index is 433.